The lowest BCUT2D eigenvalue weighted by molar-refractivity contribution is -0.116. The van der Waals surface area contributed by atoms with Crippen molar-refractivity contribution < 1.29 is 13.9 Å². The number of nitrogens with one attached hydrogen (secondary N) is 1. The maximum absolute atomic E-state index is 13.3. The molecule has 1 aliphatic carbocycles. The Balaban J connectivity index is 2.02. The van der Waals surface area contributed by atoms with Gasteiger partial charge in [-0.15, -0.1) is 0 Å². The normalized spacial score (nSPS) is 14.5. The molecule has 0 bridgehead atoms. The van der Waals surface area contributed by atoms with Crippen molar-refractivity contribution in [1.29, 1.82) is 0 Å². The summed E-state index contributed by atoms with van der Waals surface area (Å²) in [6.45, 7) is 0.876. The number of nitrogens with zero attached hydrogens (tertiary/aromatic N) is 1. The molecule has 1 fully saturated rings. The molecule has 1 aliphatic rings. The number of carbonyl (C=O) groups excluding carboxylic acids is 1. The van der Waals surface area contributed by atoms with Crippen LogP contribution in [0.4, 0.5) is 10.1 Å². The van der Waals surface area contributed by atoms with Crippen LogP contribution >= 0.6 is 0 Å². The predicted molar refractivity (Wildman–Crippen MR) is 71.8 cm³/mol. The lowest BCUT2D eigenvalue weighted by atomic mass is 10.2. The molecule has 1 aromatic carbocycles. The van der Waals surface area contributed by atoms with Crippen LogP contribution in [0.5, 0.6) is 5.75 Å². The van der Waals surface area contributed by atoms with Crippen LogP contribution in [0.15, 0.2) is 18.2 Å². The van der Waals surface area contributed by atoms with Crippen molar-refractivity contribution in [3.63, 3.8) is 0 Å². The molecule has 104 valence electrons. The number of benzene rings is 1. The summed E-state index contributed by atoms with van der Waals surface area (Å²) in [6, 6.07) is 4.18. The van der Waals surface area contributed by atoms with Crippen LogP contribution in [-0.4, -0.2) is 38.1 Å². The molecule has 0 atom stereocenters. The first kappa shape index (κ1) is 13.8. The molecule has 1 aromatic rings. The van der Waals surface area contributed by atoms with E-state index in [1.54, 1.807) is 25.1 Å². The number of halogens is 1. The van der Waals surface area contributed by atoms with Crippen LogP contribution in [0.2, 0.25) is 0 Å². The smallest absolute Gasteiger partial charge is 0.238 e. The topological polar surface area (TPSA) is 41.6 Å². The molecule has 19 heavy (non-hydrogen) atoms. The average Bonchev–Trinajstić information content (AvgIpc) is 3.10. The highest BCUT2D eigenvalue weighted by Gasteiger charge is 2.22. The third-order valence-corrected chi connectivity index (χ3v) is 2.85. The van der Waals surface area contributed by atoms with Crippen molar-refractivity contribution in [3.8, 4) is 5.75 Å². The molecule has 0 spiro atoms. The first-order valence-electron chi connectivity index (χ1n) is 6.41. The molecule has 0 aromatic heterocycles. The molecule has 0 radical (unpaired) electrons. The monoisotopic (exact) mass is 266 g/mol. The molecule has 0 unspecified atom stereocenters. The van der Waals surface area contributed by atoms with Gasteiger partial charge in [0.2, 0.25) is 5.91 Å². The van der Waals surface area contributed by atoms with Crippen molar-refractivity contribution in [2.75, 3.05) is 32.6 Å². The van der Waals surface area contributed by atoms with Gasteiger partial charge in [-0.1, -0.05) is 0 Å². The Kier molecular flexibility index (Phi) is 4.37. The van der Waals surface area contributed by atoms with Crippen molar-refractivity contribution in [3.05, 3.63) is 24.0 Å². The van der Waals surface area contributed by atoms with Crippen LogP contribution in [-0.2, 0) is 4.79 Å². The van der Waals surface area contributed by atoms with Crippen LogP contribution in [0.1, 0.15) is 12.8 Å². The van der Waals surface area contributed by atoms with E-state index in [9.17, 15) is 9.18 Å². The van der Waals surface area contributed by atoms with Crippen molar-refractivity contribution in [2.24, 2.45) is 5.92 Å². The first-order chi connectivity index (χ1) is 9.04. The van der Waals surface area contributed by atoms with Gasteiger partial charge in [0.15, 0.2) is 0 Å². The van der Waals surface area contributed by atoms with Crippen LogP contribution in [0.25, 0.3) is 0 Å². The molecule has 0 heterocycles. The Hall–Kier alpha value is -1.62. The Morgan fingerprint density at radius 3 is 2.84 bits per heavy atom. The minimum atomic E-state index is -0.390. The Morgan fingerprint density at radius 1 is 1.47 bits per heavy atom. The summed E-state index contributed by atoms with van der Waals surface area (Å²) in [4.78, 5) is 13.5. The number of likely N-dealkylation sites (N-methyl/N-ethyl adjacent to an activating group) is 1. The van der Waals surface area contributed by atoms with Gasteiger partial charge >= 0.3 is 0 Å². The number of hydrogen-bond acceptors (Lipinski definition) is 3. The summed E-state index contributed by atoms with van der Waals surface area (Å²) in [5, 5.41) is 2.68. The minimum absolute atomic E-state index is 0.188. The largest absolute Gasteiger partial charge is 0.491 e. The molecule has 4 nitrogen and oxygen atoms in total. The molecular weight excluding hydrogens is 247 g/mol. The highest BCUT2D eigenvalue weighted by Crippen LogP contribution is 2.32. The van der Waals surface area contributed by atoms with E-state index >= 15 is 0 Å². The highest BCUT2D eigenvalue weighted by atomic mass is 19.1. The lowest BCUT2D eigenvalue weighted by Crippen LogP contribution is -2.27. The third-order valence-electron chi connectivity index (χ3n) is 2.85. The van der Waals surface area contributed by atoms with Crippen LogP contribution in [0, 0.1) is 11.7 Å². The van der Waals surface area contributed by atoms with E-state index in [0.29, 0.717) is 24.0 Å². The molecule has 0 saturated heterocycles. The number of ether oxygens (including phenoxy) is 1. The second-order valence-corrected chi connectivity index (χ2v) is 5.18. The van der Waals surface area contributed by atoms with E-state index in [4.69, 9.17) is 4.74 Å². The molecular formula is C14H19FN2O2. The summed E-state index contributed by atoms with van der Waals surface area (Å²) in [7, 11) is 3.60. The maximum Gasteiger partial charge on any atom is 0.238 e. The van der Waals surface area contributed by atoms with Crippen molar-refractivity contribution in [1.82, 2.24) is 4.90 Å². The van der Waals surface area contributed by atoms with Gasteiger partial charge in [0.25, 0.3) is 0 Å². The molecule has 2 rings (SSSR count). The summed E-state index contributed by atoms with van der Waals surface area (Å²) in [6.07, 6.45) is 2.37. The number of anilines is 1. The van der Waals surface area contributed by atoms with E-state index < -0.39 is 0 Å². The van der Waals surface area contributed by atoms with E-state index in [0.717, 1.165) is 0 Å². The third kappa shape index (κ3) is 4.52. The zero-order valence-electron chi connectivity index (χ0n) is 11.3. The standard InChI is InChI=1S/C14H19FN2O2/c1-17(2)8-14(18)16-12-7-11(15)5-6-13(12)19-9-10-3-4-10/h5-7,10H,3-4,8-9H2,1-2H3,(H,16,18). The highest BCUT2D eigenvalue weighted by molar-refractivity contribution is 5.93. The van der Waals surface area contributed by atoms with E-state index in [2.05, 4.69) is 5.32 Å². The van der Waals surface area contributed by atoms with Gasteiger partial charge < -0.3 is 15.0 Å². The van der Waals surface area contributed by atoms with Crippen LogP contribution < -0.4 is 10.1 Å². The van der Waals surface area contributed by atoms with Gasteiger partial charge in [0, 0.05) is 6.07 Å². The van der Waals surface area contributed by atoms with Crippen molar-refractivity contribution in [2.45, 2.75) is 12.8 Å². The fourth-order valence-corrected chi connectivity index (χ4v) is 1.69. The second kappa shape index (κ2) is 6.02. The summed E-state index contributed by atoms with van der Waals surface area (Å²) >= 11 is 0. The molecule has 5 heteroatoms. The zero-order valence-corrected chi connectivity index (χ0v) is 11.3. The van der Waals surface area contributed by atoms with E-state index in [-0.39, 0.29) is 18.3 Å². The Morgan fingerprint density at radius 2 is 2.21 bits per heavy atom. The predicted octanol–water partition coefficient (Wildman–Crippen LogP) is 2.11. The van der Waals surface area contributed by atoms with Gasteiger partial charge in [-0.3, -0.25) is 4.79 Å². The Bertz CT molecular complexity index is 459. The molecule has 1 saturated carbocycles. The fraction of sp³-hybridized carbons (Fsp3) is 0.500. The molecule has 1 N–H and O–H groups in total. The molecule has 0 aliphatic heterocycles. The summed E-state index contributed by atoms with van der Waals surface area (Å²) in [5.41, 5.74) is 0.396. The SMILES string of the molecule is CN(C)CC(=O)Nc1cc(F)ccc1OCC1CC1. The van der Waals surface area contributed by atoms with Gasteiger partial charge in [0.1, 0.15) is 11.6 Å². The number of hydrogen-bond donors (Lipinski definition) is 1. The van der Waals surface area contributed by atoms with E-state index in [1.807, 2.05) is 0 Å². The van der Waals surface area contributed by atoms with Crippen LogP contribution in [0.3, 0.4) is 0 Å². The lowest BCUT2D eigenvalue weighted by Gasteiger charge is -2.14. The summed E-state index contributed by atoms with van der Waals surface area (Å²) < 4.78 is 18.9. The Labute approximate surface area is 112 Å². The van der Waals surface area contributed by atoms with Gasteiger partial charge in [0.05, 0.1) is 18.8 Å². The first-order valence-corrected chi connectivity index (χ1v) is 6.41. The van der Waals surface area contributed by atoms with E-state index in [1.165, 1.54) is 25.0 Å². The number of amides is 1. The van der Waals surface area contributed by atoms with Gasteiger partial charge in [-0.2, -0.15) is 0 Å². The van der Waals surface area contributed by atoms with Gasteiger partial charge in [-0.25, -0.2) is 4.39 Å². The maximum atomic E-state index is 13.3. The van der Waals surface area contributed by atoms with Crippen molar-refractivity contribution >= 4 is 11.6 Å². The minimum Gasteiger partial charge on any atom is -0.491 e. The number of rotatable bonds is 6. The zero-order chi connectivity index (χ0) is 13.8. The fourth-order valence-electron chi connectivity index (χ4n) is 1.69. The quantitative estimate of drug-likeness (QED) is 0.857. The summed E-state index contributed by atoms with van der Waals surface area (Å²) in [5.74, 6) is 0.557. The second-order valence-electron chi connectivity index (χ2n) is 5.18. The van der Waals surface area contributed by atoms with Gasteiger partial charge in [-0.05, 0) is 45.0 Å². The average molecular weight is 266 g/mol. The number of carbonyl (C=O) groups is 1. The molecule has 1 amide bonds.